The van der Waals surface area contributed by atoms with Crippen LogP contribution in [-0.4, -0.2) is 57.0 Å². The van der Waals surface area contributed by atoms with Gasteiger partial charge in [-0.25, -0.2) is 8.42 Å². The van der Waals surface area contributed by atoms with E-state index in [4.69, 9.17) is 4.74 Å². The van der Waals surface area contributed by atoms with Crippen LogP contribution in [0.15, 0.2) is 34.4 Å². The monoisotopic (exact) mass is 373 g/mol. The zero-order chi connectivity index (χ0) is 17.6. The number of amides is 2. The maximum absolute atomic E-state index is 12.6. The van der Waals surface area contributed by atoms with Gasteiger partial charge in [-0.1, -0.05) is 12.1 Å². The van der Waals surface area contributed by atoms with Gasteiger partial charge < -0.3 is 15.4 Å². The van der Waals surface area contributed by atoms with Crippen molar-refractivity contribution >= 4 is 33.2 Å². The summed E-state index contributed by atoms with van der Waals surface area (Å²) in [5.74, 6) is -1.65. The first kappa shape index (κ1) is 18.6. The summed E-state index contributed by atoms with van der Waals surface area (Å²) in [7, 11) is -3.69. The van der Waals surface area contributed by atoms with Crippen LogP contribution in [0.1, 0.15) is 6.42 Å². The minimum Gasteiger partial charge on any atom is -0.360 e. The third-order valence-electron chi connectivity index (χ3n) is 3.26. The van der Waals surface area contributed by atoms with Crippen LogP contribution in [0.2, 0.25) is 0 Å². The van der Waals surface area contributed by atoms with Crippen molar-refractivity contribution in [2.75, 3.05) is 26.2 Å². The Balaban J connectivity index is 2.01. The molecular formula is C14H19N3O5S2. The fraction of sp³-hybridized carbons (Fsp3) is 0.429. The largest absolute Gasteiger partial charge is 0.360 e. The number of carbonyl (C=O) groups is 2. The van der Waals surface area contributed by atoms with Gasteiger partial charge >= 0.3 is 11.8 Å². The fourth-order valence-corrected chi connectivity index (χ4v) is 4.82. The first-order valence-electron chi connectivity index (χ1n) is 7.30. The van der Waals surface area contributed by atoms with Crippen LogP contribution in [0.25, 0.3) is 0 Å². The molecule has 1 fully saturated rings. The van der Waals surface area contributed by atoms with Crippen LogP contribution >= 0.6 is 11.3 Å². The summed E-state index contributed by atoms with van der Waals surface area (Å²) in [5.41, 5.74) is 0. The van der Waals surface area contributed by atoms with Gasteiger partial charge in [0.15, 0.2) is 0 Å². The normalized spacial score (nSPS) is 18.8. The number of rotatable bonds is 6. The van der Waals surface area contributed by atoms with Crippen molar-refractivity contribution in [3.05, 3.63) is 30.2 Å². The van der Waals surface area contributed by atoms with Gasteiger partial charge in [-0.05, 0) is 17.9 Å². The lowest BCUT2D eigenvalue weighted by molar-refractivity contribution is -0.140. The second-order valence-electron chi connectivity index (χ2n) is 4.94. The summed E-state index contributed by atoms with van der Waals surface area (Å²) in [6.45, 7) is 4.18. The minimum absolute atomic E-state index is 0.106. The molecule has 0 unspecified atom stereocenters. The summed E-state index contributed by atoms with van der Waals surface area (Å²) >= 11 is 1.12. The zero-order valence-electron chi connectivity index (χ0n) is 12.9. The first-order chi connectivity index (χ1) is 11.5. The molecule has 1 aromatic heterocycles. The second-order valence-corrected chi connectivity index (χ2v) is 8.00. The van der Waals surface area contributed by atoms with Crippen molar-refractivity contribution in [1.82, 2.24) is 14.9 Å². The molecule has 0 saturated carbocycles. The van der Waals surface area contributed by atoms with Gasteiger partial charge in [-0.3, -0.25) is 9.59 Å². The van der Waals surface area contributed by atoms with Crippen molar-refractivity contribution in [3.8, 4) is 0 Å². The van der Waals surface area contributed by atoms with Crippen LogP contribution in [0, 0.1) is 0 Å². The van der Waals surface area contributed by atoms with E-state index in [1.165, 1.54) is 16.4 Å². The molecule has 2 rings (SSSR count). The number of thiophene rings is 1. The molecule has 1 atom stereocenters. The predicted molar refractivity (Wildman–Crippen MR) is 88.8 cm³/mol. The molecule has 10 heteroatoms. The Morgan fingerprint density at radius 3 is 2.83 bits per heavy atom. The highest BCUT2D eigenvalue weighted by molar-refractivity contribution is 7.91. The van der Waals surface area contributed by atoms with E-state index in [1.807, 2.05) is 0 Å². The van der Waals surface area contributed by atoms with Crippen molar-refractivity contribution in [2.24, 2.45) is 0 Å². The molecule has 0 aromatic carbocycles. The summed E-state index contributed by atoms with van der Waals surface area (Å²) in [6, 6.07) is 3.18. The molecule has 1 saturated heterocycles. The van der Waals surface area contributed by atoms with Gasteiger partial charge in [0, 0.05) is 13.1 Å². The molecule has 2 N–H and O–H groups in total. The number of nitrogens with one attached hydrogen (secondary N) is 2. The molecule has 0 spiro atoms. The van der Waals surface area contributed by atoms with Crippen molar-refractivity contribution in [1.29, 1.82) is 0 Å². The van der Waals surface area contributed by atoms with Crippen LogP contribution < -0.4 is 10.6 Å². The Morgan fingerprint density at radius 2 is 2.17 bits per heavy atom. The molecular weight excluding hydrogens is 354 g/mol. The van der Waals surface area contributed by atoms with E-state index in [2.05, 4.69) is 17.2 Å². The number of sulfonamides is 1. The lowest BCUT2D eigenvalue weighted by atomic mass is 10.3. The number of hydrogen-bond acceptors (Lipinski definition) is 6. The maximum atomic E-state index is 12.6. The Morgan fingerprint density at radius 1 is 1.42 bits per heavy atom. The van der Waals surface area contributed by atoms with Gasteiger partial charge in [-0.2, -0.15) is 4.31 Å². The third kappa shape index (κ3) is 4.41. The maximum Gasteiger partial charge on any atom is 0.309 e. The lowest BCUT2D eigenvalue weighted by Crippen LogP contribution is -2.53. The van der Waals surface area contributed by atoms with Crippen LogP contribution in [0.4, 0.5) is 0 Å². The minimum atomic E-state index is -3.69. The van der Waals surface area contributed by atoms with E-state index in [-0.39, 0.29) is 17.3 Å². The molecule has 24 heavy (non-hydrogen) atoms. The van der Waals surface area contributed by atoms with E-state index in [1.54, 1.807) is 11.4 Å². The fourth-order valence-electron chi connectivity index (χ4n) is 2.13. The molecule has 1 aliphatic rings. The highest BCUT2D eigenvalue weighted by Gasteiger charge is 2.35. The standard InChI is InChI=1S/C14H19N3O5S2/c1-2-6-15-13(18)14(19)16-10-11-17(7-4-8-22-11)24(20,21)12-5-3-9-23-12/h2-3,5,9,11H,1,4,6-8,10H2,(H,15,18)(H,16,19)/t11-/m0/s1. The number of hydrogen-bond donors (Lipinski definition) is 2. The van der Waals surface area contributed by atoms with Gasteiger partial charge in [0.2, 0.25) is 0 Å². The highest BCUT2D eigenvalue weighted by Crippen LogP contribution is 2.25. The summed E-state index contributed by atoms with van der Waals surface area (Å²) < 4.78 is 32.2. The van der Waals surface area contributed by atoms with Crippen LogP contribution in [0.5, 0.6) is 0 Å². The van der Waals surface area contributed by atoms with Gasteiger partial charge in [0.1, 0.15) is 10.4 Å². The number of carbonyl (C=O) groups excluding carboxylic acids is 2. The van der Waals surface area contributed by atoms with E-state index in [9.17, 15) is 18.0 Å². The quantitative estimate of drug-likeness (QED) is 0.535. The number of nitrogens with zero attached hydrogens (tertiary/aromatic N) is 1. The third-order valence-corrected chi connectivity index (χ3v) is 6.52. The molecule has 0 radical (unpaired) electrons. The topological polar surface area (TPSA) is 105 Å². The molecule has 8 nitrogen and oxygen atoms in total. The second kappa shape index (κ2) is 8.38. The summed E-state index contributed by atoms with van der Waals surface area (Å²) in [4.78, 5) is 23.2. The van der Waals surface area contributed by atoms with Gasteiger partial charge in [-0.15, -0.1) is 17.9 Å². The molecule has 2 amide bonds. The molecule has 132 valence electrons. The molecule has 1 aliphatic heterocycles. The van der Waals surface area contributed by atoms with Gasteiger partial charge in [0.25, 0.3) is 10.0 Å². The highest BCUT2D eigenvalue weighted by atomic mass is 32.2. The van der Waals surface area contributed by atoms with Crippen molar-refractivity contribution in [3.63, 3.8) is 0 Å². The molecule has 1 aromatic rings. The lowest BCUT2D eigenvalue weighted by Gasteiger charge is -2.34. The Bertz CT molecular complexity index is 687. The summed E-state index contributed by atoms with van der Waals surface area (Å²) in [6.07, 6.45) is 1.17. The van der Waals surface area contributed by atoms with E-state index < -0.39 is 28.1 Å². The average Bonchev–Trinajstić information content (AvgIpc) is 3.13. The zero-order valence-corrected chi connectivity index (χ0v) is 14.6. The van der Waals surface area contributed by atoms with E-state index in [0.29, 0.717) is 19.6 Å². The Kier molecular flexibility index (Phi) is 6.49. The summed E-state index contributed by atoms with van der Waals surface area (Å²) in [5, 5.41) is 6.42. The van der Waals surface area contributed by atoms with Crippen molar-refractivity contribution in [2.45, 2.75) is 16.9 Å². The Labute approximate surface area is 144 Å². The number of ether oxygens (including phenoxy) is 1. The van der Waals surface area contributed by atoms with E-state index in [0.717, 1.165) is 11.3 Å². The van der Waals surface area contributed by atoms with Crippen LogP contribution in [0.3, 0.4) is 0 Å². The van der Waals surface area contributed by atoms with Gasteiger partial charge in [0.05, 0.1) is 13.2 Å². The van der Waals surface area contributed by atoms with Crippen molar-refractivity contribution < 1.29 is 22.7 Å². The predicted octanol–water partition coefficient (Wildman–Crippen LogP) is -0.0964. The average molecular weight is 373 g/mol. The molecule has 0 aliphatic carbocycles. The van der Waals surface area contributed by atoms with E-state index >= 15 is 0 Å². The molecule has 2 heterocycles. The molecule has 0 bridgehead atoms. The van der Waals surface area contributed by atoms with Crippen LogP contribution in [-0.2, 0) is 24.3 Å². The smallest absolute Gasteiger partial charge is 0.309 e. The first-order valence-corrected chi connectivity index (χ1v) is 9.62. The Hall–Kier alpha value is -1.75. The SMILES string of the molecule is C=CCNC(=O)C(=O)NC[C@@H]1OCCCN1S(=O)(=O)c1cccs1.